The molecule has 0 bridgehead atoms. The first-order valence-corrected chi connectivity index (χ1v) is 6.21. The maximum Gasteiger partial charge on any atom is 0.358 e. The molecule has 0 saturated heterocycles. The van der Waals surface area contributed by atoms with Gasteiger partial charge in [-0.3, -0.25) is 4.68 Å². The van der Waals surface area contributed by atoms with Gasteiger partial charge in [0, 0.05) is 25.7 Å². The number of carboxylic acids is 1. The zero-order valence-corrected chi connectivity index (χ0v) is 10.5. The first-order chi connectivity index (χ1) is 8.66. The van der Waals surface area contributed by atoms with Crippen molar-refractivity contribution in [1.82, 2.24) is 25.2 Å². The Hall–Kier alpha value is -1.47. The second kappa shape index (κ2) is 5.92. The summed E-state index contributed by atoms with van der Waals surface area (Å²) in [7, 11) is 2.15. The molecule has 0 aromatic carbocycles. The molecule has 1 aromatic rings. The van der Waals surface area contributed by atoms with Crippen molar-refractivity contribution < 1.29 is 9.90 Å². The highest BCUT2D eigenvalue weighted by atomic mass is 16.4. The summed E-state index contributed by atoms with van der Waals surface area (Å²) in [5.41, 5.74) is -0.0107. The van der Waals surface area contributed by atoms with E-state index in [9.17, 15) is 4.79 Å². The van der Waals surface area contributed by atoms with Gasteiger partial charge in [0.05, 0.1) is 12.7 Å². The van der Waals surface area contributed by atoms with Crippen LogP contribution in [0.15, 0.2) is 6.20 Å². The van der Waals surface area contributed by atoms with Gasteiger partial charge < -0.3 is 15.3 Å². The number of rotatable bonds is 8. The van der Waals surface area contributed by atoms with Crippen LogP contribution in [0.25, 0.3) is 0 Å². The average molecular weight is 253 g/mol. The third-order valence-corrected chi connectivity index (χ3v) is 3.09. The van der Waals surface area contributed by atoms with Crippen molar-refractivity contribution in [3.63, 3.8) is 0 Å². The van der Waals surface area contributed by atoms with Crippen molar-refractivity contribution >= 4 is 5.97 Å². The molecule has 0 atom stereocenters. The van der Waals surface area contributed by atoms with E-state index in [2.05, 4.69) is 27.6 Å². The van der Waals surface area contributed by atoms with Crippen molar-refractivity contribution in [2.45, 2.75) is 25.4 Å². The van der Waals surface area contributed by atoms with Crippen LogP contribution in [-0.4, -0.2) is 63.7 Å². The summed E-state index contributed by atoms with van der Waals surface area (Å²) in [5.74, 6) is -1.04. The van der Waals surface area contributed by atoms with Gasteiger partial charge in [-0.05, 0) is 19.9 Å². The molecular formula is C11H19N5O2. The summed E-state index contributed by atoms with van der Waals surface area (Å²) in [6.45, 7) is 3.38. The van der Waals surface area contributed by atoms with Crippen molar-refractivity contribution in [3.8, 4) is 0 Å². The predicted molar refractivity (Wildman–Crippen MR) is 65.5 cm³/mol. The van der Waals surface area contributed by atoms with Crippen molar-refractivity contribution in [1.29, 1.82) is 0 Å². The van der Waals surface area contributed by atoms with Crippen LogP contribution in [0.1, 0.15) is 23.3 Å². The van der Waals surface area contributed by atoms with Crippen LogP contribution >= 0.6 is 0 Å². The largest absolute Gasteiger partial charge is 0.476 e. The third-order valence-electron chi connectivity index (χ3n) is 3.09. The van der Waals surface area contributed by atoms with E-state index in [1.54, 1.807) is 4.68 Å². The molecule has 0 radical (unpaired) electrons. The van der Waals surface area contributed by atoms with Gasteiger partial charge in [-0.25, -0.2) is 4.79 Å². The van der Waals surface area contributed by atoms with E-state index in [0.717, 1.165) is 25.7 Å². The zero-order chi connectivity index (χ0) is 13.0. The number of aromatic carboxylic acids is 1. The lowest BCUT2D eigenvalue weighted by atomic mass is 10.5. The first kappa shape index (κ1) is 13.0. The fourth-order valence-corrected chi connectivity index (χ4v) is 1.78. The number of likely N-dealkylation sites (N-methyl/N-ethyl adjacent to an activating group) is 1. The van der Waals surface area contributed by atoms with Crippen molar-refractivity contribution in [3.05, 3.63) is 11.9 Å². The van der Waals surface area contributed by atoms with E-state index >= 15 is 0 Å². The van der Waals surface area contributed by atoms with Gasteiger partial charge >= 0.3 is 5.97 Å². The standard InChI is InChI=1S/C11H19N5O2/c1-15(9-2-3-9)6-4-12-5-7-16-8-10(11(17)18)13-14-16/h8-9,12H,2-7H2,1H3,(H,17,18). The van der Waals surface area contributed by atoms with E-state index in [1.807, 2.05) is 0 Å². The minimum atomic E-state index is -1.04. The van der Waals surface area contributed by atoms with Crippen LogP contribution in [0, 0.1) is 0 Å². The number of hydrogen-bond donors (Lipinski definition) is 2. The molecule has 0 aliphatic heterocycles. The first-order valence-electron chi connectivity index (χ1n) is 6.21. The van der Waals surface area contributed by atoms with Gasteiger partial charge in [-0.2, -0.15) is 0 Å². The monoisotopic (exact) mass is 253 g/mol. The maximum absolute atomic E-state index is 10.6. The Kier molecular flexibility index (Phi) is 4.27. The second-order valence-corrected chi connectivity index (χ2v) is 4.63. The molecule has 2 N–H and O–H groups in total. The van der Waals surface area contributed by atoms with Gasteiger partial charge in [0.2, 0.25) is 0 Å². The molecule has 1 fully saturated rings. The molecule has 18 heavy (non-hydrogen) atoms. The summed E-state index contributed by atoms with van der Waals surface area (Å²) in [6, 6.07) is 0.792. The molecule has 1 aromatic heterocycles. The number of aromatic nitrogens is 3. The minimum absolute atomic E-state index is 0.0107. The quantitative estimate of drug-likeness (QED) is 0.617. The number of hydrogen-bond acceptors (Lipinski definition) is 5. The normalized spacial score (nSPS) is 15.2. The fraction of sp³-hybridized carbons (Fsp3) is 0.727. The Morgan fingerprint density at radius 3 is 3.00 bits per heavy atom. The topological polar surface area (TPSA) is 83.3 Å². The van der Waals surface area contributed by atoms with Gasteiger partial charge in [0.1, 0.15) is 0 Å². The van der Waals surface area contributed by atoms with Crippen LogP contribution in [-0.2, 0) is 6.54 Å². The number of nitrogens with zero attached hydrogens (tertiary/aromatic N) is 4. The Bertz CT molecular complexity index is 402. The van der Waals surface area contributed by atoms with E-state index < -0.39 is 5.97 Å². The Balaban J connectivity index is 1.58. The molecule has 1 aliphatic carbocycles. The molecule has 0 amide bonds. The van der Waals surface area contributed by atoms with Crippen LogP contribution in [0.3, 0.4) is 0 Å². The lowest BCUT2D eigenvalue weighted by Gasteiger charge is -2.15. The maximum atomic E-state index is 10.6. The van der Waals surface area contributed by atoms with Gasteiger partial charge in [0.15, 0.2) is 5.69 Å². The molecule has 100 valence electrons. The van der Waals surface area contributed by atoms with Crippen LogP contribution in [0.5, 0.6) is 0 Å². The minimum Gasteiger partial charge on any atom is -0.476 e. The molecule has 2 rings (SSSR count). The fourth-order valence-electron chi connectivity index (χ4n) is 1.78. The molecule has 7 heteroatoms. The summed E-state index contributed by atoms with van der Waals surface area (Å²) in [6.07, 6.45) is 4.10. The Labute approximate surface area is 106 Å². The Morgan fingerprint density at radius 2 is 2.39 bits per heavy atom. The predicted octanol–water partition coefficient (Wildman–Crippen LogP) is -0.340. The van der Waals surface area contributed by atoms with Crippen molar-refractivity contribution in [2.75, 3.05) is 26.7 Å². The highest BCUT2D eigenvalue weighted by molar-refractivity contribution is 5.84. The zero-order valence-electron chi connectivity index (χ0n) is 10.5. The Morgan fingerprint density at radius 1 is 1.61 bits per heavy atom. The number of carboxylic acid groups (broad SMARTS) is 1. The molecule has 7 nitrogen and oxygen atoms in total. The summed E-state index contributed by atoms with van der Waals surface area (Å²) >= 11 is 0. The lowest BCUT2D eigenvalue weighted by molar-refractivity contribution is 0.0690. The number of nitrogens with one attached hydrogen (secondary N) is 1. The molecular weight excluding hydrogens is 234 g/mol. The SMILES string of the molecule is CN(CCNCCn1cc(C(=O)O)nn1)C1CC1. The van der Waals surface area contributed by atoms with E-state index in [-0.39, 0.29) is 5.69 Å². The number of carbonyl (C=O) groups is 1. The summed E-state index contributed by atoms with van der Waals surface area (Å²) in [5, 5.41) is 19.3. The van der Waals surface area contributed by atoms with Crippen LogP contribution in [0.2, 0.25) is 0 Å². The summed E-state index contributed by atoms with van der Waals surface area (Å²) in [4.78, 5) is 13.0. The molecule has 1 heterocycles. The highest BCUT2D eigenvalue weighted by Gasteiger charge is 2.25. The van der Waals surface area contributed by atoms with Gasteiger partial charge in [-0.15, -0.1) is 5.10 Å². The van der Waals surface area contributed by atoms with E-state index in [1.165, 1.54) is 19.0 Å². The van der Waals surface area contributed by atoms with Crippen molar-refractivity contribution in [2.24, 2.45) is 0 Å². The van der Waals surface area contributed by atoms with Crippen LogP contribution < -0.4 is 5.32 Å². The molecule has 0 unspecified atom stereocenters. The molecule has 1 saturated carbocycles. The molecule has 1 aliphatic rings. The van der Waals surface area contributed by atoms with Crippen LogP contribution in [0.4, 0.5) is 0 Å². The lowest BCUT2D eigenvalue weighted by Crippen LogP contribution is -2.32. The molecule has 0 spiro atoms. The second-order valence-electron chi connectivity index (χ2n) is 4.63. The smallest absolute Gasteiger partial charge is 0.358 e. The van der Waals surface area contributed by atoms with E-state index in [4.69, 9.17) is 5.11 Å². The highest BCUT2D eigenvalue weighted by Crippen LogP contribution is 2.24. The van der Waals surface area contributed by atoms with E-state index in [0.29, 0.717) is 6.54 Å². The third kappa shape index (κ3) is 3.78. The van der Waals surface area contributed by atoms with Gasteiger partial charge in [-0.1, -0.05) is 5.21 Å². The summed E-state index contributed by atoms with van der Waals surface area (Å²) < 4.78 is 1.54. The van der Waals surface area contributed by atoms with Gasteiger partial charge in [0.25, 0.3) is 0 Å². The average Bonchev–Trinajstić information content (AvgIpc) is 3.08.